The van der Waals surface area contributed by atoms with Crippen LogP contribution in [0.25, 0.3) is 0 Å². The third-order valence-electron chi connectivity index (χ3n) is 4.19. The second-order valence-electron chi connectivity index (χ2n) is 6.26. The summed E-state index contributed by atoms with van der Waals surface area (Å²) < 4.78 is 25.2. The van der Waals surface area contributed by atoms with Crippen molar-refractivity contribution >= 4 is 56.6 Å². The molecular formula is C19H20N2O4S3. The van der Waals surface area contributed by atoms with Gasteiger partial charge in [-0.1, -0.05) is 6.07 Å². The fourth-order valence-electron chi connectivity index (χ4n) is 2.65. The molecule has 0 saturated heterocycles. The molecule has 0 aromatic heterocycles. The number of benzene rings is 2. The highest BCUT2D eigenvalue weighted by Gasteiger charge is 2.25. The van der Waals surface area contributed by atoms with Crippen LogP contribution in [0.5, 0.6) is 0 Å². The van der Waals surface area contributed by atoms with Crippen LogP contribution in [0.2, 0.25) is 0 Å². The van der Waals surface area contributed by atoms with Crippen molar-refractivity contribution in [2.45, 2.75) is 33.3 Å². The van der Waals surface area contributed by atoms with E-state index >= 15 is 0 Å². The number of hydrogen-bond acceptors (Lipinski definition) is 6. The number of anilines is 2. The molecule has 3 rings (SSSR count). The van der Waals surface area contributed by atoms with Gasteiger partial charge in [0.25, 0.3) is 0 Å². The Hall–Kier alpha value is -1.97. The molecule has 1 atom stereocenters. The van der Waals surface area contributed by atoms with E-state index < -0.39 is 9.84 Å². The van der Waals surface area contributed by atoms with E-state index in [0.717, 1.165) is 9.79 Å². The highest BCUT2D eigenvalue weighted by Crippen LogP contribution is 2.36. The van der Waals surface area contributed by atoms with Crippen molar-refractivity contribution in [3.63, 3.8) is 0 Å². The van der Waals surface area contributed by atoms with Gasteiger partial charge in [-0.05, 0) is 49.6 Å². The van der Waals surface area contributed by atoms with E-state index in [9.17, 15) is 18.0 Å². The van der Waals surface area contributed by atoms with Crippen LogP contribution >= 0.6 is 23.5 Å². The normalized spacial score (nSPS) is 16.2. The molecule has 148 valence electrons. The van der Waals surface area contributed by atoms with E-state index in [-0.39, 0.29) is 34.1 Å². The van der Waals surface area contributed by atoms with E-state index in [2.05, 4.69) is 10.6 Å². The molecule has 0 fully saturated rings. The molecule has 2 N–H and O–H groups in total. The molecular weight excluding hydrogens is 416 g/mol. The number of carbonyl (C=O) groups excluding carboxylic acids is 2. The molecule has 1 heterocycles. The van der Waals surface area contributed by atoms with Gasteiger partial charge in [0.1, 0.15) is 0 Å². The second kappa shape index (κ2) is 8.59. The summed E-state index contributed by atoms with van der Waals surface area (Å²) in [6.07, 6.45) is 1.79. The average Bonchev–Trinajstić information content (AvgIpc) is 2.67. The van der Waals surface area contributed by atoms with Crippen LogP contribution in [-0.4, -0.2) is 37.5 Å². The molecule has 0 radical (unpaired) electrons. The van der Waals surface area contributed by atoms with E-state index in [0.29, 0.717) is 11.4 Å². The Labute approximate surface area is 172 Å². The van der Waals surface area contributed by atoms with Crippen LogP contribution in [0, 0.1) is 0 Å². The number of hydrogen-bond donors (Lipinski definition) is 2. The van der Waals surface area contributed by atoms with E-state index in [1.54, 1.807) is 30.8 Å². The van der Waals surface area contributed by atoms with Gasteiger partial charge in [0.2, 0.25) is 11.8 Å². The Morgan fingerprint density at radius 2 is 2.04 bits per heavy atom. The summed E-state index contributed by atoms with van der Waals surface area (Å²) in [5, 5.41) is 5.23. The van der Waals surface area contributed by atoms with Gasteiger partial charge in [-0.15, -0.1) is 23.5 Å². The standard InChI is InChI=1S/C19H20N2O4S3/c1-12-19(23)21-16-11-15(6-7-17(16)27-12)28(24,25)9-8-18(22)20-13-4-3-5-14(10-13)26-2/h3-7,10-12H,8-9H2,1-2H3,(H,20,22)(H,21,23). The Morgan fingerprint density at radius 3 is 2.79 bits per heavy atom. The fourth-order valence-corrected chi connectivity index (χ4v) is 5.30. The van der Waals surface area contributed by atoms with E-state index in [1.165, 1.54) is 23.9 Å². The molecule has 0 bridgehead atoms. The van der Waals surface area contributed by atoms with Gasteiger partial charge >= 0.3 is 0 Å². The first kappa shape index (κ1) is 20.8. The maximum atomic E-state index is 12.6. The number of thioether (sulfide) groups is 2. The number of sulfone groups is 1. The predicted octanol–water partition coefficient (Wildman–Crippen LogP) is 3.64. The molecule has 1 unspecified atom stereocenters. The number of fused-ring (bicyclic) bond motifs is 1. The zero-order valence-corrected chi connectivity index (χ0v) is 17.8. The predicted molar refractivity (Wildman–Crippen MR) is 114 cm³/mol. The SMILES string of the molecule is CSc1cccc(NC(=O)CCS(=O)(=O)c2ccc3c(c2)NC(=O)C(C)S3)c1. The second-order valence-corrected chi connectivity index (χ2v) is 10.6. The van der Waals surface area contributed by atoms with Crippen molar-refractivity contribution < 1.29 is 18.0 Å². The summed E-state index contributed by atoms with van der Waals surface area (Å²) in [6.45, 7) is 1.79. The summed E-state index contributed by atoms with van der Waals surface area (Å²) in [5.41, 5.74) is 1.13. The van der Waals surface area contributed by atoms with Gasteiger partial charge < -0.3 is 10.6 Å². The Balaban J connectivity index is 1.66. The quantitative estimate of drug-likeness (QED) is 0.672. The lowest BCUT2D eigenvalue weighted by Gasteiger charge is -2.21. The maximum absolute atomic E-state index is 12.6. The largest absolute Gasteiger partial charge is 0.326 e. The zero-order chi connectivity index (χ0) is 20.3. The van der Waals surface area contributed by atoms with Crippen molar-refractivity contribution in [1.82, 2.24) is 0 Å². The zero-order valence-electron chi connectivity index (χ0n) is 15.4. The topological polar surface area (TPSA) is 92.3 Å². The number of rotatable bonds is 6. The molecule has 9 heteroatoms. The molecule has 2 amide bonds. The minimum Gasteiger partial charge on any atom is -0.326 e. The first-order valence-electron chi connectivity index (χ1n) is 8.57. The van der Waals surface area contributed by atoms with Crippen molar-refractivity contribution in [1.29, 1.82) is 0 Å². The van der Waals surface area contributed by atoms with Crippen molar-refractivity contribution in [2.75, 3.05) is 22.6 Å². The van der Waals surface area contributed by atoms with Crippen LogP contribution in [0.15, 0.2) is 57.2 Å². The van der Waals surface area contributed by atoms with Crippen molar-refractivity contribution in [3.05, 3.63) is 42.5 Å². The molecule has 6 nitrogen and oxygen atoms in total. The molecule has 0 aliphatic carbocycles. The van der Waals surface area contributed by atoms with Crippen molar-refractivity contribution in [3.8, 4) is 0 Å². The summed E-state index contributed by atoms with van der Waals surface area (Å²) in [5.74, 6) is -0.825. The molecule has 2 aromatic carbocycles. The number of carbonyl (C=O) groups is 2. The maximum Gasteiger partial charge on any atom is 0.237 e. The van der Waals surface area contributed by atoms with Crippen LogP contribution in [0.1, 0.15) is 13.3 Å². The van der Waals surface area contributed by atoms with Crippen molar-refractivity contribution in [2.24, 2.45) is 0 Å². The Kier molecular flexibility index (Phi) is 6.36. The van der Waals surface area contributed by atoms with Crippen LogP contribution in [0.4, 0.5) is 11.4 Å². The highest BCUT2D eigenvalue weighted by molar-refractivity contribution is 8.01. The minimum atomic E-state index is -3.65. The summed E-state index contributed by atoms with van der Waals surface area (Å²) in [7, 11) is -3.65. The lowest BCUT2D eigenvalue weighted by Crippen LogP contribution is -2.26. The molecule has 28 heavy (non-hydrogen) atoms. The molecule has 0 spiro atoms. The number of amides is 2. The first-order chi connectivity index (χ1) is 13.3. The molecule has 1 aliphatic heterocycles. The van der Waals surface area contributed by atoms with Gasteiger partial charge in [0, 0.05) is 21.9 Å². The summed E-state index contributed by atoms with van der Waals surface area (Å²) in [6, 6.07) is 12.0. The third-order valence-corrected chi connectivity index (χ3v) is 7.81. The average molecular weight is 437 g/mol. The third kappa shape index (κ3) is 4.89. The molecule has 1 aliphatic rings. The Morgan fingerprint density at radius 1 is 1.25 bits per heavy atom. The highest BCUT2D eigenvalue weighted by atomic mass is 32.2. The van der Waals surface area contributed by atoms with E-state index in [4.69, 9.17) is 0 Å². The smallest absolute Gasteiger partial charge is 0.237 e. The fraction of sp³-hybridized carbons (Fsp3) is 0.263. The van der Waals surface area contributed by atoms with Gasteiger partial charge in [0.15, 0.2) is 9.84 Å². The van der Waals surface area contributed by atoms with Gasteiger partial charge in [-0.25, -0.2) is 8.42 Å². The van der Waals surface area contributed by atoms with E-state index in [1.807, 2.05) is 24.5 Å². The lowest BCUT2D eigenvalue weighted by molar-refractivity contribution is -0.116. The van der Waals surface area contributed by atoms with Gasteiger partial charge in [-0.2, -0.15) is 0 Å². The Bertz CT molecular complexity index is 1020. The van der Waals surface area contributed by atoms with Gasteiger partial charge in [0.05, 0.1) is 21.6 Å². The molecule has 2 aromatic rings. The summed E-state index contributed by atoms with van der Waals surface area (Å²) in [4.78, 5) is 25.9. The monoisotopic (exact) mass is 436 g/mol. The number of nitrogens with one attached hydrogen (secondary N) is 2. The van der Waals surface area contributed by atoms with Crippen LogP contribution in [0.3, 0.4) is 0 Å². The molecule has 0 saturated carbocycles. The van der Waals surface area contributed by atoms with Gasteiger partial charge in [-0.3, -0.25) is 9.59 Å². The minimum absolute atomic E-state index is 0.0962. The van der Waals surface area contributed by atoms with Crippen LogP contribution in [-0.2, 0) is 19.4 Å². The first-order valence-corrected chi connectivity index (χ1v) is 12.3. The summed E-state index contributed by atoms with van der Waals surface area (Å²) >= 11 is 2.95. The lowest BCUT2D eigenvalue weighted by atomic mass is 10.3. The van der Waals surface area contributed by atoms with Crippen LogP contribution < -0.4 is 10.6 Å².